The second-order valence-corrected chi connectivity index (χ2v) is 8.76. The highest BCUT2D eigenvalue weighted by atomic mass is 79.9. The monoisotopic (exact) mass is 472 g/mol. The molecular formula is C24H29BrN2O3. The van der Waals surface area contributed by atoms with Crippen LogP contribution in [0, 0.1) is 0 Å². The minimum absolute atomic E-state index is 0.0748. The lowest BCUT2D eigenvalue weighted by molar-refractivity contribution is -0.140. The third-order valence-electron chi connectivity index (χ3n) is 5.63. The highest BCUT2D eigenvalue weighted by Gasteiger charge is 2.28. The Morgan fingerprint density at radius 2 is 1.83 bits per heavy atom. The predicted octanol–water partition coefficient (Wildman–Crippen LogP) is 4.48. The number of nitrogens with one attached hydrogen (secondary N) is 1. The third-order valence-corrected chi connectivity index (χ3v) is 6.12. The Morgan fingerprint density at radius 1 is 1.13 bits per heavy atom. The number of carbonyl (C=O) groups excluding carboxylic acids is 2. The lowest BCUT2D eigenvalue weighted by atomic mass is 10.1. The van der Waals surface area contributed by atoms with Crippen LogP contribution in [0.25, 0.3) is 0 Å². The normalized spacial score (nSPS) is 14.9. The third kappa shape index (κ3) is 6.08. The van der Waals surface area contributed by atoms with E-state index in [4.69, 9.17) is 4.74 Å². The minimum atomic E-state index is -0.546. The van der Waals surface area contributed by atoms with Crippen LogP contribution in [-0.2, 0) is 22.6 Å². The van der Waals surface area contributed by atoms with Gasteiger partial charge in [-0.25, -0.2) is 0 Å². The molecule has 0 spiro atoms. The van der Waals surface area contributed by atoms with E-state index in [2.05, 4.69) is 21.2 Å². The molecule has 0 heterocycles. The zero-order chi connectivity index (χ0) is 21.5. The Balaban J connectivity index is 1.75. The number of benzene rings is 2. The van der Waals surface area contributed by atoms with Crippen LogP contribution in [0.5, 0.6) is 5.75 Å². The average molecular weight is 473 g/mol. The van der Waals surface area contributed by atoms with Crippen molar-refractivity contribution >= 4 is 27.7 Å². The summed E-state index contributed by atoms with van der Waals surface area (Å²) in [7, 11) is 1.62. The summed E-state index contributed by atoms with van der Waals surface area (Å²) in [6.45, 7) is 2.20. The molecule has 1 atom stereocenters. The van der Waals surface area contributed by atoms with E-state index in [1.54, 1.807) is 12.0 Å². The minimum Gasteiger partial charge on any atom is -0.497 e. The maximum Gasteiger partial charge on any atom is 0.242 e. The van der Waals surface area contributed by atoms with Crippen molar-refractivity contribution in [2.45, 2.75) is 57.7 Å². The van der Waals surface area contributed by atoms with Crippen LogP contribution in [0.1, 0.15) is 43.7 Å². The van der Waals surface area contributed by atoms with E-state index in [1.807, 2.05) is 55.5 Å². The van der Waals surface area contributed by atoms with Gasteiger partial charge in [0.25, 0.3) is 0 Å². The lowest BCUT2D eigenvalue weighted by Crippen LogP contribution is -2.50. The molecule has 2 aromatic carbocycles. The highest BCUT2D eigenvalue weighted by molar-refractivity contribution is 9.10. The van der Waals surface area contributed by atoms with Crippen LogP contribution in [0.2, 0.25) is 0 Å². The fourth-order valence-corrected chi connectivity index (χ4v) is 4.27. The first-order valence-corrected chi connectivity index (χ1v) is 11.2. The van der Waals surface area contributed by atoms with Crippen molar-refractivity contribution in [3.05, 3.63) is 64.1 Å². The molecule has 160 valence electrons. The number of halogens is 1. The van der Waals surface area contributed by atoms with Gasteiger partial charge in [-0.3, -0.25) is 9.59 Å². The molecular weight excluding hydrogens is 444 g/mol. The van der Waals surface area contributed by atoms with E-state index in [9.17, 15) is 9.59 Å². The lowest BCUT2D eigenvalue weighted by Gasteiger charge is -2.30. The van der Waals surface area contributed by atoms with Gasteiger partial charge in [-0.05, 0) is 55.2 Å². The van der Waals surface area contributed by atoms with Crippen molar-refractivity contribution in [1.82, 2.24) is 10.2 Å². The number of nitrogens with zero attached hydrogens (tertiary/aromatic N) is 1. The molecule has 1 N–H and O–H groups in total. The van der Waals surface area contributed by atoms with Gasteiger partial charge in [0.05, 0.1) is 13.5 Å². The maximum absolute atomic E-state index is 13.2. The second-order valence-electron chi connectivity index (χ2n) is 7.84. The summed E-state index contributed by atoms with van der Waals surface area (Å²) in [6, 6.07) is 15.0. The summed E-state index contributed by atoms with van der Waals surface area (Å²) in [5.74, 6) is 0.593. The molecule has 1 saturated carbocycles. The number of ether oxygens (including phenoxy) is 1. The largest absolute Gasteiger partial charge is 0.497 e. The number of methoxy groups -OCH3 is 1. The van der Waals surface area contributed by atoms with Gasteiger partial charge in [0.1, 0.15) is 11.8 Å². The summed E-state index contributed by atoms with van der Waals surface area (Å²) < 4.78 is 6.14. The van der Waals surface area contributed by atoms with Crippen LogP contribution in [0.3, 0.4) is 0 Å². The van der Waals surface area contributed by atoms with Crippen molar-refractivity contribution in [1.29, 1.82) is 0 Å². The zero-order valence-electron chi connectivity index (χ0n) is 17.6. The van der Waals surface area contributed by atoms with E-state index in [0.29, 0.717) is 6.54 Å². The zero-order valence-corrected chi connectivity index (χ0v) is 19.2. The van der Waals surface area contributed by atoms with Gasteiger partial charge in [-0.1, -0.05) is 53.0 Å². The summed E-state index contributed by atoms with van der Waals surface area (Å²) >= 11 is 3.49. The first-order valence-electron chi connectivity index (χ1n) is 10.4. The molecule has 1 aliphatic carbocycles. The Labute approximate surface area is 186 Å². The quantitative estimate of drug-likeness (QED) is 0.616. The molecule has 0 saturated heterocycles. The van der Waals surface area contributed by atoms with E-state index in [-0.39, 0.29) is 24.3 Å². The molecule has 0 aliphatic heterocycles. The molecule has 3 rings (SSSR count). The van der Waals surface area contributed by atoms with Crippen LogP contribution in [0.4, 0.5) is 0 Å². The smallest absolute Gasteiger partial charge is 0.242 e. The molecule has 2 amide bonds. The van der Waals surface area contributed by atoms with Crippen LogP contribution < -0.4 is 10.1 Å². The molecule has 5 nitrogen and oxygen atoms in total. The molecule has 0 aromatic heterocycles. The molecule has 1 fully saturated rings. The van der Waals surface area contributed by atoms with Crippen molar-refractivity contribution < 1.29 is 14.3 Å². The number of rotatable bonds is 8. The Morgan fingerprint density at radius 3 is 2.47 bits per heavy atom. The van der Waals surface area contributed by atoms with E-state index in [0.717, 1.165) is 47.0 Å². The first-order chi connectivity index (χ1) is 14.5. The molecule has 0 bridgehead atoms. The van der Waals surface area contributed by atoms with E-state index in [1.165, 1.54) is 0 Å². The van der Waals surface area contributed by atoms with Crippen LogP contribution in [-0.4, -0.2) is 35.9 Å². The molecule has 30 heavy (non-hydrogen) atoms. The predicted molar refractivity (Wildman–Crippen MR) is 121 cm³/mol. The summed E-state index contributed by atoms with van der Waals surface area (Å²) in [6.07, 6.45) is 4.57. The van der Waals surface area contributed by atoms with Gasteiger partial charge in [0, 0.05) is 17.1 Å². The van der Waals surface area contributed by atoms with E-state index >= 15 is 0 Å². The summed E-state index contributed by atoms with van der Waals surface area (Å²) in [5.41, 5.74) is 1.87. The number of hydrogen-bond acceptors (Lipinski definition) is 3. The van der Waals surface area contributed by atoms with Crippen LogP contribution in [0.15, 0.2) is 53.0 Å². The van der Waals surface area contributed by atoms with E-state index < -0.39 is 6.04 Å². The van der Waals surface area contributed by atoms with Gasteiger partial charge in [0.15, 0.2) is 0 Å². The number of amides is 2. The van der Waals surface area contributed by atoms with Gasteiger partial charge >= 0.3 is 0 Å². The molecule has 6 heteroatoms. The Hall–Kier alpha value is -2.34. The van der Waals surface area contributed by atoms with Crippen molar-refractivity contribution in [2.24, 2.45) is 0 Å². The summed E-state index contributed by atoms with van der Waals surface area (Å²) in [5, 5.41) is 3.13. The van der Waals surface area contributed by atoms with Gasteiger partial charge in [-0.2, -0.15) is 0 Å². The average Bonchev–Trinajstić information content (AvgIpc) is 3.25. The van der Waals surface area contributed by atoms with Crippen LogP contribution >= 0.6 is 15.9 Å². The fraction of sp³-hybridized carbons (Fsp3) is 0.417. The SMILES string of the molecule is COc1ccc(CC(=O)N(Cc2cccc(Br)c2)[C@H](C)C(=O)NC2CCCC2)cc1. The first kappa shape index (κ1) is 22.3. The Kier molecular flexibility index (Phi) is 7.91. The molecule has 0 radical (unpaired) electrons. The molecule has 2 aromatic rings. The van der Waals surface area contributed by atoms with Crippen molar-refractivity contribution in [2.75, 3.05) is 7.11 Å². The highest BCUT2D eigenvalue weighted by Crippen LogP contribution is 2.20. The number of hydrogen-bond donors (Lipinski definition) is 1. The number of carbonyl (C=O) groups is 2. The standard InChI is InChI=1S/C24H29BrN2O3/c1-17(24(29)26-21-8-3-4-9-21)27(16-19-6-5-7-20(25)14-19)23(28)15-18-10-12-22(30-2)13-11-18/h5-7,10-14,17,21H,3-4,8-9,15-16H2,1-2H3,(H,26,29)/t17-/m1/s1. The molecule has 1 aliphatic rings. The topological polar surface area (TPSA) is 58.6 Å². The fourth-order valence-electron chi connectivity index (χ4n) is 3.83. The van der Waals surface area contributed by atoms with Gasteiger partial charge < -0.3 is 15.0 Å². The molecule has 0 unspecified atom stereocenters. The maximum atomic E-state index is 13.2. The van der Waals surface area contributed by atoms with Crippen molar-refractivity contribution in [3.63, 3.8) is 0 Å². The second kappa shape index (κ2) is 10.6. The van der Waals surface area contributed by atoms with Gasteiger partial charge in [-0.15, -0.1) is 0 Å². The Bertz CT molecular complexity index is 863. The summed E-state index contributed by atoms with van der Waals surface area (Å²) in [4.78, 5) is 27.8. The van der Waals surface area contributed by atoms with Gasteiger partial charge in [0.2, 0.25) is 11.8 Å². The van der Waals surface area contributed by atoms with Crippen molar-refractivity contribution in [3.8, 4) is 5.75 Å².